The molecule has 1 heterocycles. The van der Waals surface area contributed by atoms with Crippen molar-refractivity contribution in [3.05, 3.63) is 18.0 Å². The van der Waals surface area contributed by atoms with Crippen molar-refractivity contribution in [2.24, 2.45) is 5.92 Å². The molecule has 2 unspecified atom stereocenters. The molecule has 2 rings (SSSR count). The maximum Gasteiger partial charge on any atom is 0.0492 e. The third kappa shape index (κ3) is 2.64. The van der Waals surface area contributed by atoms with Crippen LogP contribution in [0, 0.1) is 5.92 Å². The molecule has 1 fully saturated rings. The van der Waals surface area contributed by atoms with Crippen molar-refractivity contribution in [3.63, 3.8) is 0 Å². The van der Waals surface area contributed by atoms with E-state index in [2.05, 4.69) is 41.9 Å². The highest BCUT2D eigenvalue weighted by Gasteiger charge is 2.23. The molecule has 90 valence electrons. The number of hydrogen-bond donors (Lipinski definition) is 1. The van der Waals surface area contributed by atoms with E-state index in [-0.39, 0.29) is 0 Å². The lowest BCUT2D eigenvalue weighted by molar-refractivity contribution is 0.422. The number of hydrogen-bond acceptors (Lipinski definition) is 2. The second-order valence-corrected chi connectivity index (χ2v) is 5.02. The van der Waals surface area contributed by atoms with E-state index in [9.17, 15) is 0 Å². The quantitative estimate of drug-likeness (QED) is 0.799. The summed E-state index contributed by atoms with van der Waals surface area (Å²) in [6, 6.07) is 2.97. The van der Waals surface area contributed by atoms with Gasteiger partial charge in [0.1, 0.15) is 0 Å². The average molecular weight is 221 g/mol. The second kappa shape index (κ2) is 5.00. The molecule has 1 aromatic rings. The number of nitrogens with zero attached hydrogens (tertiary/aromatic N) is 2. The van der Waals surface area contributed by atoms with Gasteiger partial charge in [-0.25, -0.2) is 0 Å². The molecule has 0 aromatic carbocycles. The molecule has 1 aliphatic carbocycles. The summed E-state index contributed by atoms with van der Waals surface area (Å²) >= 11 is 0. The maximum atomic E-state index is 4.34. The predicted octanol–water partition coefficient (Wildman–Crippen LogP) is 2.39. The van der Waals surface area contributed by atoms with Crippen molar-refractivity contribution in [2.45, 2.75) is 52.1 Å². The Morgan fingerprint density at radius 1 is 1.50 bits per heavy atom. The Labute approximate surface area is 98.2 Å². The van der Waals surface area contributed by atoms with E-state index in [1.165, 1.54) is 18.5 Å². The zero-order chi connectivity index (χ0) is 11.5. The highest BCUT2D eigenvalue weighted by molar-refractivity contribution is 5.08. The Balaban J connectivity index is 1.91. The molecule has 1 aliphatic rings. The fraction of sp³-hybridized carbons (Fsp3) is 0.769. The molecule has 0 saturated heterocycles. The van der Waals surface area contributed by atoms with Crippen LogP contribution in [0.15, 0.2) is 12.3 Å². The number of aryl methyl sites for hydroxylation is 1. The molecule has 1 saturated carbocycles. The van der Waals surface area contributed by atoms with Gasteiger partial charge in [-0.15, -0.1) is 0 Å². The fourth-order valence-electron chi connectivity index (χ4n) is 2.10. The summed E-state index contributed by atoms with van der Waals surface area (Å²) < 4.78 is 2.11. The van der Waals surface area contributed by atoms with Crippen molar-refractivity contribution in [2.75, 3.05) is 6.54 Å². The van der Waals surface area contributed by atoms with Crippen LogP contribution in [0.2, 0.25) is 0 Å². The molecule has 1 N–H and O–H groups in total. The van der Waals surface area contributed by atoms with E-state index >= 15 is 0 Å². The first-order valence-electron chi connectivity index (χ1n) is 6.47. The molecule has 16 heavy (non-hydrogen) atoms. The first kappa shape index (κ1) is 11.6. The molecule has 0 aliphatic heterocycles. The van der Waals surface area contributed by atoms with Crippen molar-refractivity contribution in [1.82, 2.24) is 15.1 Å². The minimum absolute atomic E-state index is 0.577. The summed E-state index contributed by atoms with van der Waals surface area (Å²) in [5.74, 6) is 1.25. The molecule has 3 heteroatoms. The monoisotopic (exact) mass is 221 g/mol. The van der Waals surface area contributed by atoms with Gasteiger partial charge in [-0.2, -0.15) is 5.10 Å². The van der Waals surface area contributed by atoms with E-state index in [1.54, 1.807) is 0 Å². The van der Waals surface area contributed by atoms with Gasteiger partial charge in [0.25, 0.3) is 0 Å². The van der Waals surface area contributed by atoms with Crippen LogP contribution in [-0.2, 0) is 6.54 Å². The van der Waals surface area contributed by atoms with Gasteiger partial charge in [-0.1, -0.05) is 13.8 Å². The summed E-state index contributed by atoms with van der Waals surface area (Å²) in [5, 5.41) is 7.95. The smallest absolute Gasteiger partial charge is 0.0492 e. The second-order valence-electron chi connectivity index (χ2n) is 5.02. The third-order valence-corrected chi connectivity index (χ3v) is 3.67. The SMILES string of the molecule is CCn1nccc1C(C)C(C)CNC1CC1. The van der Waals surface area contributed by atoms with E-state index in [0.717, 1.165) is 19.1 Å². The first-order valence-corrected chi connectivity index (χ1v) is 6.47. The Hall–Kier alpha value is -0.830. The summed E-state index contributed by atoms with van der Waals surface area (Å²) in [6.07, 6.45) is 4.65. The molecule has 1 aromatic heterocycles. The van der Waals surface area contributed by atoms with Gasteiger partial charge in [-0.05, 0) is 38.3 Å². The minimum atomic E-state index is 0.577. The molecular formula is C13H23N3. The van der Waals surface area contributed by atoms with Crippen molar-refractivity contribution < 1.29 is 0 Å². The molecule has 0 spiro atoms. The molecule has 0 bridgehead atoms. The lowest BCUT2D eigenvalue weighted by Gasteiger charge is -2.21. The fourth-order valence-corrected chi connectivity index (χ4v) is 2.10. The third-order valence-electron chi connectivity index (χ3n) is 3.67. The van der Waals surface area contributed by atoms with Gasteiger partial charge >= 0.3 is 0 Å². The Bertz CT molecular complexity index is 328. The Kier molecular flexibility index (Phi) is 3.64. The van der Waals surface area contributed by atoms with Gasteiger partial charge in [0, 0.05) is 30.4 Å². The highest BCUT2D eigenvalue weighted by Crippen LogP contribution is 2.25. The topological polar surface area (TPSA) is 29.9 Å². The van der Waals surface area contributed by atoms with E-state index in [4.69, 9.17) is 0 Å². The first-order chi connectivity index (χ1) is 7.72. The normalized spacial score (nSPS) is 19.7. The van der Waals surface area contributed by atoms with Crippen LogP contribution in [0.3, 0.4) is 0 Å². The minimum Gasteiger partial charge on any atom is -0.314 e. The molecule has 0 amide bonds. The standard InChI is InChI=1S/C13H23N3/c1-4-16-13(7-8-15-16)11(3)10(2)9-14-12-5-6-12/h7-8,10-12,14H,4-6,9H2,1-3H3. The number of nitrogens with one attached hydrogen (secondary N) is 1. The molecule has 3 nitrogen and oxygen atoms in total. The van der Waals surface area contributed by atoms with Crippen molar-refractivity contribution >= 4 is 0 Å². The van der Waals surface area contributed by atoms with Crippen LogP contribution < -0.4 is 5.32 Å². The van der Waals surface area contributed by atoms with Crippen LogP contribution in [0.25, 0.3) is 0 Å². The van der Waals surface area contributed by atoms with Crippen LogP contribution >= 0.6 is 0 Å². The van der Waals surface area contributed by atoms with Crippen LogP contribution in [0.1, 0.15) is 45.2 Å². The summed E-state index contributed by atoms with van der Waals surface area (Å²) in [5.41, 5.74) is 1.37. The lowest BCUT2D eigenvalue weighted by Crippen LogP contribution is -2.27. The Morgan fingerprint density at radius 3 is 2.88 bits per heavy atom. The maximum absolute atomic E-state index is 4.34. The zero-order valence-electron chi connectivity index (χ0n) is 10.6. The van der Waals surface area contributed by atoms with Crippen LogP contribution in [0.4, 0.5) is 0 Å². The summed E-state index contributed by atoms with van der Waals surface area (Å²) in [6.45, 7) is 8.88. The van der Waals surface area contributed by atoms with Crippen LogP contribution in [0.5, 0.6) is 0 Å². The van der Waals surface area contributed by atoms with Gasteiger partial charge in [0.15, 0.2) is 0 Å². The highest BCUT2D eigenvalue weighted by atomic mass is 15.3. The van der Waals surface area contributed by atoms with Crippen molar-refractivity contribution in [1.29, 1.82) is 0 Å². The molecule has 2 atom stereocenters. The molecule has 0 radical (unpaired) electrons. The van der Waals surface area contributed by atoms with E-state index in [0.29, 0.717) is 11.8 Å². The molecular weight excluding hydrogens is 198 g/mol. The zero-order valence-corrected chi connectivity index (χ0v) is 10.6. The van der Waals surface area contributed by atoms with E-state index in [1.807, 2.05) is 6.20 Å². The van der Waals surface area contributed by atoms with Gasteiger partial charge < -0.3 is 5.32 Å². The lowest BCUT2D eigenvalue weighted by atomic mass is 9.92. The Morgan fingerprint density at radius 2 is 2.25 bits per heavy atom. The van der Waals surface area contributed by atoms with Crippen LogP contribution in [-0.4, -0.2) is 22.4 Å². The average Bonchev–Trinajstić information content (AvgIpc) is 3.00. The van der Waals surface area contributed by atoms with Gasteiger partial charge in [0.05, 0.1) is 0 Å². The van der Waals surface area contributed by atoms with Gasteiger partial charge in [0.2, 0.25) is 0 Å². The number of rotatable bonds is 6. The van der Waals surface area contributed by atoms with Gasteiger partial charge in [-0.3, -0.25) is 4.68 Å². The summed E-state index contributed by atoms with van der Waals surface area (Å²) in [7, 11) is 0. The van der Waals surface area contributed by atoms with Crippen molar-refractivity contribution in [3.8, 4) is 0 Å². The van der Waals surface area contributed by atoms with E-state index < -0.39 is 0 Å². The largest absolute Gasteiger partial charge is 0.314 e. The summed E-state index contributed by atoms with van der Waals surface area (Å²) in [4.78, 5) is 0. The number of aromatic nitrogens is 2. The predicted molar refractivity (Wildman–Crippen MR) is 66.5 cm³/mol.